The zero-order valence-corrected chi connectivity index (χ0v) is 12.8. The average molecular weight is 352 g/mol. The molecule has 0 saturated heterocycles. The Labute approximate surface area is 122 Å². The van der Waals surface area contributed by atoms with E-state index < -0.39 is 37.3 Å². The summed E-state index contributed by atoms with van der Waals surface area (Å²) in [5, 5.41) is -1.50. The SMILES string of the molecule is NOCCOCC(ON)C(CCCS(=O)(=O)O)S(=O)(=O)O. The fraction of sp³-hybridized carbons (Fsp3) is 1.00. The Balaban J connectivity index is 4.63. The van der Waals surface area contributed by atoms with Crippen LogP contribution < -0.4 is 11.8 Å². The van der Waals surface area contributed by atoms with Crippen molar-refractivity contribution < 1.29 is 40.4 Å². The molecule has 11 nitrogen and oxygen atoms in total. The molecule has 0 aromatic heterocycles. The van der Waals surface area contributed by atoms with Crippen molar-refractivity contribution >= 4 is 20.2 Å². The molecule has 21 heavy (non-hydrogen) atoms. The minimum absolute atomic E-state index is 0.0412. The Bertz CT molecular complexity index is 478. The van der Waals surface area contributed by atoms with Gasteiger partial charge in [0.15, 0.2) is 0 Å². The van der Waals surface area contributed by atoms with Gasteiger partial charge in [-0.3, -0.25) is 13.9 Å². The van der Waals surface area contributed by atoms with E-state index in [1.54, 1.807) is 0 Å². The van der Waals surface area contributed by atoms with E-state index in [0.29, 0.717) is 0 Å². The molecule has 0 aliphatic heterocycles. The van der Waals surface area contributed by atoms with Crippen molar-refractivity contribution in [3.63, 3.8) is 0 Å². The molecule has 128 valence electrons. The first kappa shape index (κ1) is 20.6. The highest BCUT2D eigenvalue weighted by molar-refractivity contribution is 7.86. The van der Waals surface area contributed by atoms with Gasteiger partial charge in [-0.05, 0) is 12.8 Å². The fourth-order valence-electron chi connectivity index (χ4n) is 1.53. The van der Waals surface area contributed by atoms with Crippen molar-refractivity contribution in [2.45, 2.75) is 24.2 Å². The summed E-state index contributed by atoms with van der Waals surface area (Å²) in [5.41, 5.74) is 0. The average Bonchev–Trinajstić information content (AvgIpc) is 2.33. The summed E-state index contributed by atoms with van der Waals surface area (Å²) in [6.07, 6.45) is -1.73. The lowest BCUT2D eigenvalue weighted by molar-refractivity contribution is -0.0355. The van der Waals surface area contributed by atoms with Crippen LogP contribution in [0.2, 0.25) is 0 Å². The number of hydrogen-bond acceptors (Lipinski definition) is 9. The zero-order valence-electron chi connectivity index (χ0n) is 11.1. The number of nitrogens with two attached hydrogens (primary N) is 2. The highest BCUT2D eigenvalue weighted by Crippen LogP contribution is 2.15. The van der Waals surface area contributed by atoms with Gasteiger partial charge in [0, 0.05) is 0 Å². The van der Waals surface area contributed by atoms with Gasteiger partial charge in [-0.2, -0.15) is 16.8 Å². The Morgan fingerprint density at radius 1 is 1.05 bits per heavy atom. The molecule has 0 radical (unpaired) electrons. The van der Waals surface area contributed by atoms with Crippen LogP contribution in [0.15, 0.2) is 0 Å². The Kier molecular flexibility index (Phi) is 9.43. The zero-order chi connectivity index (χ0) is 16.5. The predicted octanol–water partition coefficient (Wildman–Crippen LogP) is -1.92. The first-order valence-electron chi connectivity index (χ1n) is 5.78. The normalized spacial score (nSPS) is 15.8. The maximum atomic E-state index is 11.3. The van der Waals surface area contributed by atoms with E-state index >= 15 is 0 Å². The number of rotatable bonds is 12. The molecular weight excluding hydrogens is 332 g/mol. The van der Waals surface area contributed by atoms with Gasteiger partial charge in [0.1, 0.15) is 11.4 Å². The molecule has 0 rings (SSSR count). The molecule has 0 aromatic rings. The quantitative estimate of drug-likeness (QED) is 0.174. The van der Waals surface area contributed by atoms with Gasteiger partial charge in [-0.25, -0.2) is 11.8 Å². The molecule has 0 fully saturated rings. The maximum absolute atomic E-state index is 11.3. The minimum Gasteiger partial charge on any atom is -0.376 e. The van der Waals surface area contributed by atoms with E-state index in [0.717, 1.165) is 0 Å². The van der Waals surface area contributed by atoms with Crippen LogP contribution in [-0.4, -0.2) is 62.9 Å². The van der Waals surface area contributed by atoms with Gasteiger partial charge >= 0.3 is 0 Å². The van der Waals surface area contributed by atoms with E-state index in [2.05, 4.69) is 9.68 Å². The second-order valence-electron chi connectivity index (χ2n) is 4.10. The number of ether oxygens (including phenoxy) is 1. The molecule has 0 heterocycles. The van der Waals surface area contributed by atoms with Crippen molar-refractivity contribution in [3.8, 4) is 0 Å². The Hall–Kier alpha value is -0.380. The standard InChI is InChI=1S/C8H20N2O9S2/c9-18-4-3-17-6-7(19-10)8(21(14,15)16)2-1-5-20(11,12)13/h7-8H,1-6,9-10H2,(H,11,12,13)(H,14,15,16). The largest absolute Gasteiger partial charge is 0.376 e. The van der Waals surface area contributed by atoms with E-state index in [1.165, 1.54) is 0 Å². The van der Waals surface area contributed by atoms with E-state index in [9.17, 15) is 16.8 Å². The van der Waals surface area contributed by atoms with Crippen LogP contribution in [0.4, 0.5) is 0 Å². The summed E-state index contributed by atoms with van der Waals surface area (Å²) in [6, 6.07) is 0. The van der Waals surface area contributed by atoms with Crippen LogP contribution in [0.3, 0.4) is 0 Å². The topological polar surface area (TPSA) is 188 Å². The third-order valence-corrected chi connectivity index (χ3v) is 4.60. The molecule has 13 heteroatoms. The second-order valence-corrected chi connectivity index (χ2v) is 7.31. The molecule has 0 amide bonds. The van der Waals surface area contributed by atoms with Crippen LogP contribution in [0.25, 0.3) is 0 Å². The molecular formula is C8H20N2O9S2. The van der Waals surface area contributed by atoms with Crippen LogP contribution >= 0.6 is 0 Å². The minimum atomic E-state index is -4.55. The van der Waals surface area contributed by atoms with Crippen LogP contribution in [0, 0.1) is 0 Å². The first-order chi connectivity index (χ1) is 9.61. The fourth-order valence-corrected chi connectivity index (χ4v) is 3.06. The molecule has 6 N–H and O–H groups in total. The summed E-state index contributed by atoms with van der Waals surface area (Å²) < 4.78 is 66.5. The van der Waals surface area contributed by atoms with Gasteiger partial charge in [0.25, 0.3) is 20.2 Å². The molecule has 2 unspecified atom stereocenters. The van der Waals surface area contributed by atoms with Crippen LogP contribution in [0.5, 0.6) is 0 Å². The van der Waals surface area contributed by atoms with Gasteiger partial charge < -0.3 is 9.57 Å². The summed E-state index contributed by atoms with van der Waals surface area (Å²) >= 11 is 0. The van der Waals surface area contributed by atoms with Crippen LogP contribution in [0.1, 0.15) is 12.8 Å². The molecule has 0 bridgehead atoms. The molecule has 2 atom stereocenters. The summed E-state index contributed by atoms with van der Waals surface area (Å²) in [6.45, 7) is -0.188. The van der Waals surface area contributed by atoms with E-state index in [4.69, 9.17) is 25.6 Å². The van der Waals surface area contributed by atoms with Gasteiger partial charge in [-0.1, -0.05) is 0 Å². The molecule has 0 spiro atoms. The van der Waals surface area contributed by atoms with Gasteiger partial charge in [0.2, 0.25) is 0 Å². The maximum Gasteiger partial charge on any atom is 0.270 e. The smallest absolute Gasteiger partial charge is 0.270 e. The van der Waals surface area contributed by atoms with Crippen molar-refractivity contribution in [1.29, 1.82) is 0 Å². The summed E-state index contributed by atoms with van der Waals surface area (Å²) in [7, 11) is -8.79. The third kappa shape index (κ3) is 10.0. The van der Waals surface area contributed by atoms with Crippen molar-refractivity contribution in [1.82, 2.24) is 0 Å². The third-order valence-electron chi connectivity index (χ3n) is 2.49. The van der Waals surface area contributed by atoms with E-state index in [1.807, 2.05) is 0 Å². The molecule has 0 aliphatic carbocycles. The van der Waals surface area contributed by atoms with Crippen molar-refractivity contribution in [2.75, 3.05) is 25.6 Å². The van der Waals surface area contributed by atoms with Crippen LogP contribution in [-0.2, 0) is 34.6 Å². The van der Waals surface area contributed by atoms with Gasteiger partial charge in [0.05, 0.1) is 25.6 Å². The van der Waals surface area contributed by atoms with Gasteiger partial charge in [-0.15, -0.1) is 0 Å². The summed E-state index contributed by atoms with van der Waals surface area (Å²) in [5.74, 6) is 9.07. The second kappa shape index (κ2) is 9.60. The lowest BCUT2D eigenvalue weighted by Crippen LogP contribution is -2.41. The molecule has 0 aliphatic rings. The van der Waals surface area contributed by atoms with Crippen molar-refractivity contribution in [2.24, 2.45) is 11.8 Å². The first-order valence-corrected chi connectivity index (χ1v) is 8.89. The monoisotopic (exact) mass is 352 g/mol. The molecule has 0 saturated carbocycles. The van der Waals surface area contributed by atoms with Crippen molar-refractivity contribution in [3.05, 3.63) is 0 Å². The Morgan fingerprint density at radius 3 is 2.10 bits per heavy atom. The molecule has 0 aromatic carbocycles. The highest BCUT2D eigenvalue weighted by Gasteiger charge is 2.33. The number of hydrogen-bond donors (Lipinski definition) is 4. The van der Waals surface area contributed by atoms with E-state index in [-0.39, 0.29) is 32.7 Å². The highest BCUT2D eigenvalue weighted by atomic mass is 32.2. The lowest BCUT2D eigenvalue weighted by Gasteiger charge is -2.22. The Morgan fingerprint density at radius 2 is 1.67 bits per heavy atom. The predicted molar refractivity (Wildman–Crippen MR) is 71.0 cm³/mol. The lowest BCUT2D eigenvalue weighted by atomic mass is 10.1. The summed E-state index contributed by atoms with van der Waals surface area (Å²) in [4.78, 5) is 8.68.